The van der Waals surface area contributed by atoms with Crippen LogP contribution in [-0.4, -0.2) is 26.2 Å². The minimum Gasteiger partial charge on any atom is -0.318 e. The second-order valence-electron chi connectivity index (χ2n) is 5.28. The van der Waals surface area contributed by atoms with E-state index in [9.17, 15) is 30.8 Å². The lowest BCUT2D eigenvalue weighted by atomic mass is 10.1. The molecule has 144 valence electrons. The number of hydrazone groups is 1. The Morgan fingerprint density at radius 3 is 2.30 bits per heavy atom. The molecule has 0 aromatic heterocycles. The Balaban J connectivity index is 2.17. The number of hydrogen-bond acceptors (Lipinski definition) is 4. The molecule has 0 atom stereocenters. The van der Waals surface area contributed by atoms with E-state index in [1.807, 2.05) is 4.83 Å². The summed E-state index contributed by atoms with van der Waals surface area (Å²) >= 11 is 0. The van der Waals surface area contributed by atoms with Crippen molar-refractivity contribution in [3.8, 4) is 0 Å². The standard InChI is InChI=1S/C16H13F4N3O3S/c1-10(22-23-27(25,26)14-7-5-12(17)6-8-14)11-3-2-4-13(9-11)21-15(24)16(18,19)20/h2-9,23H,1H3,(H,21,24). The van der Waals surface area contributed by atoms with Crippen LogP contribution in [0.2, 0.25) is 0 Å². The van der Waals surface area contributed by atoms with Crippen molar-refractivity contribution in [3.05, 3.63) is 59.9 Å². The Bertz CT molecular complexity index is 971. The number of hydrogen-bond donors (Lipinski definition) is 2. The summed E-state index contributed by atoms with van der Waals surface area (Å²) in [6.07, 6.45) is -5.04. The zero-order valence-electron chi connectivity index (χ0n) is 13.7. The molecular formula is C16H13F4N3O3S. The molecule has 0 aliphatic carbocycles. The van der Waals surface area contributed by atoms with Gasteiger partial charge in [-0.05, 0) is 48.9 Å². The molecular weight excluding hydrogens is 390 g/mol. The van der Waals surface area contributed by atoms with Gasteiger partial charge in [0, 0.05) is 5.69 Å². The topological polar surface area (TPSA) is 87.6 Å². The number of sulfonamides is 1. The molecule has 0 saturated heterocycles. The normalized spacial score (nSPS) is 12.6. The summed E-state index contributed by atoms with van der Waals surface area (Å²) in [4.78, 5) is 12.7. The van der Waals surface area contributed by atoms with Crippen molar-refractivity contribution in [2.75, 3.05) is 5.32 Å². The number of nitrogens with zero attached hydrogens (tertiary/aromatic N) is 1. The third-order valence-corrected chi connectivity index (χ3v) is 4.48. The smallest absolute Gasteiger partial charge is 0.318 e. The Labute approximate surface area is 151 Å². The molecule has 2 aromatic carbocycles. The van der Waals surface area contributed by atoms with Crippen molar-refractivity contribution >= 4 is 27.3 Å². The van der Waals surface area contributed by atoms with Crippen molar-refractivity contribution in [2.45, 2.75) is 18.0 Å². The number of carbonyl (C=O) groups is 1. The van der Waals surface area contributed by atoms with E-state index >= 15 is 0 Å². The van der Waals surface area contributed by atoms with Crippen LogP contribution in [0.1, 0.15) is 12.5 Å². The van der Waals surface area contributed by atoms with Crippen LogP contribution in [-0.2, 0) is 14.8 Å². The van der Waals surface area contributed by atoms with Gasteiger partial charge in [0.05, 0.1) is 10.6 Å². The van der Waals surface area contributed by atoms with Crippen LogP contribution in [0.3, 0.4) is 0 Å². The predicted molar refractivity (Wildman–Crippen MR) is 90.1 cm³/mol. The Morgan fingerprint density at radius 1 is 1.07 bits per heavy atom. The molecule has 0 heterocycles. The predicted octanol–water partition coefficient (Wildman–Crippen LogP) is 3.03. The van der Waals surface area contributed by atoms with Gasteiger partial charge in [-0.2, -0.15) is 31.5 Å². The van der Waals surface area contributed by atoms with E-state index in [-0.39, 0.29) is 21.9 Å². The largest absolute Gasteiger partial charge is 0.471 e. The van der Waals surface area contributed by atoms with Crippen LogP contribution in [0.15, 0.2) is 58.5 Å². The molecule has 0 unspecified atom stereocenters. The molecule has 11 heteroatoms. The highest BCUT2D eigenvalue weighted by Crippen LogP contribution is 2.19. The Hall–Kier alpha value is -2.95. The molecule has 0 saturated carbocycles. The summed E-state index contributed by atoms with van der Waals surface area (Å²) < 4.78 is 73.9. The van der Waals surface area contributed by atoms with Gasteiger partial charge in [0.1, 0.15) is 5.82 Å². The second-order valence-corrected chi connectivity index (χ2v) is 6.94. The maximum absolute atomic E-state index is 12.9. The van der Waals surface area contributed by atoms with Gasteiger partial charge in [0.2, 0.25) is 0 Å². The first-order chi connectivity index (χ1) is 12.5. The van der Waals surface area contributed by atoms with Gasteiger partial charge in [-0.15, -0.1) is 0 Å². The maximum Gasteiger partial charge on any atom is 0.471 e. The number of rotatable bonds is 5. The molecule has 2 rings (SSSR count). The number of carbonyl (C=O) groups excluding carboxylic acids is 1. The van der Waals surface area contributed by atoms with Crippen molar-refractivity contribution in [1.29, 1.82) is 0 Å². The number of benzene rings is 2. The first-order valence-corrected chi connectivity index (χ1v) is 8.77. The van der Waals surface area contributed by atoms with E-state index in [0.717, 1.165) is 24.3 Å². The van der Waals surface area contributed by atoms with Crippen molar-refractivity contribution in [3.63, 3.8) is 0 Å². The molecule has 0 aliphatic rings. The summed E-state index contributed by atoms with van der Waals surface area (Å²) in [6, 6.07) is 9.32. The van der Waals surface area contributed by atoms with Crippen molar-refractivity contribution < 1.29 is 30.8 Å². The molecule has 2 N–H and O–H groups in total. The second kappa shape index (κ2) is 7.74. The average molecular weight is 403 g/mol. The van der Waals surface area contributed by atoms with Gasteiger partial charge in [-0.1, -0.05) is 12.1 Å². The van der Waals surface area contributed by atoms with E-state index < -0.39 is 27.9 Å². The zero-order valence-corrected chi connectivity index (χ0v) is 14.5. The lowest BCUT2D eigenvalue weighted by Crippen LogP contribution is -2.29. The van der Waals surface area contributed by atoms with E-state index in [2.05, 4.69) is 5.10 Å². The molecule has 6 nitrogen and oxygen atoms in total. The number of halogens is 4. The fraction of sp³-hybridized carbons (Fsp3) is 0.125. The molecule has 1 amide bonds. The number of alkyl halides is 3. The minimum absolute atomic E-state index is 0.129. The van der Waals surface area contributed by atoms with Crippen LogP contribution in [0.25, 0.3) is 0 Å². The summed E-state index contributed by atoms with van der Waals surface area (Å²) in [7, 11) is -4.05. The van der Waals surface area contributed by atoms with E-state index in [4.69, 9.17) is 0 Å². The molecule has 0 fully saturated rings. The lowest BCUT2D eigenvalue weighted by molar-refractivity contribution is -0.167. The highest BCUT2D eigenvalue weighted by molar-refractivity contribution is 7.89. The first-order valence-electron chi connectivity index (χ1n) is 7.29. The number of amides is 1. The van der Waals surface area contributed by atoms with Gasteiger partial charge in [0.25, 0.3) is 10.0 Å². The fourth-order valence-corrected chi connectivity index (χ4v) is 2.74. The van der Waals surface area contributed by atoms with E-state index in [0.29, 0.717) is 0 Å². The minimum atomic E-state index is -5.04. The van der Waals surface area contributed by atoms with Crippen LogP contribution in [0.5, 0.6) is 0 Å². The summed E-state index contributed by atoms with van der Waals surface area (Å²) in [5.74, 6) is -2.74. The monoisotopic (exact) mass is 403 g/mol. The van der Waals surface area contributed by atoms with Crippen molar-refractivity contribution in [2.24, 2.45) is 5.10 Å². The fourth-order valence-electron chi connectivity index (χ4n) is 1.88. The molecule has 2 aromatic rings. The van der Waals surface area contributed by atoms with Gasteiger partial charge in [-0.25, -0.2) is 4.39 Å². The Morgan fingerprint density at radius 2 is 1.70 bits per heavy atom. The van der Waals surface area contributed by atoms with Gasteiger partial charge in [0.15, 0.2) is 0 Å². The van der Waals surface area contributed by atoms with Crippen molar-refractivity contribution in [1.82, 2.24) is 4.83 Å². The van der Waals surface area contributed by atoms with Crippen LogP contribution < -0.4 is 10.1 Å². The quantitative estimate of drug-likeness (QED) is 0.457. The van der Waals surface area contributed by atoms with Gasteiger partial charge >= 0.3 is 12.1 Å². The van der Waals surface area contributed by atoms with Crippen LogP contribution >= 0.6 is 0 Å². The third kappa shape index (κ3) is 5.51. The molecule has 27 heavy (non-hydrogen) atoms. The molecule has 0 bridgehead atoms. The van der Waals surface area contributed by atoms with Gasteiger partial charge < -0.3 is 5.32 Å². The summed E-state index contributed by atoms with van der Waals surface area (Å²) in [5, 5.41) is 5.37. The lowest BCUT2D eigenvalue weighted by Gasteiger charge is -2.09. The van der Waals surface area contributed by atoms with Crippen LogP contribution in [0.4, 0.5) is 23.2 Å². The summed E-state index contributed by atoms with van der Waals surface area (Å²) in [5.41, 5.74) is 0.270. The molecule has 0 radical (unpaired) electrons. The van der Waals surface area contributed by atoms with Crippen LogP contribution in [0, 0.1) is 5.82 Å². The highest BCUT2D eigenvalue weighted by atomic mass is 32.2. The van der Waals surface area contributed by atoms with E-state index in [1.165, 1.54) is 31.2 Å². The number of anilines is 1. The molecule has 0 spiro atoms. The Kier molecular flexibility index (Phi) is 5.84. The third-order valence-electron chi connectivity index (χ3n) is 3.25. The summed E-state index contributed by atoms with van der Waals surface area (Å²) in [6.45, 7) is 1.41. The molecule has 0 aliphatic heterocycles. The average Bonchev–Trinajstić information content (AvgIpc) is 2.59. The SMILES string of the molecule is CC(=NNS(=O)(=O)c1ccc(F)cc1)c1cccc(NC(=O)C(F)(F)F)c1. The number of nitrogens with one attached hydrogen (secondary N) is 2. The zero-order chi connectivity index (χ0) is 20.2. The van der Waals surface area contributed by atoms with Gasteiger partial charge in [-0.3, -0.25) is 4.79 Å². The first kappa shape index (κ1) is 20.4. The maximum atomic E-state index is 12.9. The highest BCUT2D eigenvalue weighted by Gasteiger charge is 2.38. The van der Waals surface area contributed by atoms with E-state index in [1.54, 1.807) is 5.32 Å².